The summed E-state index contributed by atoms with van der Waals surface area (Å²) < 4.78 is 5.86. The van der Waals surface area contributed by atoms with E-state index in [2.05, 4.69) is 20.8 Å². The zero-order valence-electron chi connectivity index (χ0n) is 16.5. The smallest absolute Gasteiger partial charge is 0.195 e. The van der Waals surface area contributed by atoms with Gasteiger partial charge in [-0.05, 0) is 0 Å². The van der Waals surface area contributed by atoms with E-state index in [1.54, 1.807) is 0 Å². The van der Waals surface area contributed by atoms with Crippen molar-refractivity contribution < 1.29 is 5.11 Å². The molecule has 7 heteroatoms. The first kappa shape index (κ1) is 18.4. The summed E-state index contributed by atoms with van der Waals surface area (Å²) in [4.78, 5) is 14.1. The number of aromatic nitrogens is 6. The molecular weight excluding hydrogens is 328 g/mol. The van der Waals surface area contributed by atoms with Crippen LogP contribution >= 0.6 is 0 Å². The number of hydrogen-bond donors (Lipinski definition) is 1. The number of aliphatic hydroxyl groups is 1. The molecule has 0 aromatic carbocycles. The Morgan fingerprint density at radius 2 is 0.962 bits per heavy atom. The van der Waals surface area contributed by atoms with Crippen LogP contribution in [0.3, 0.4) is 0 Å². The van der Waals surface area contributed by atoms with Crippen molar-refractivity contribution in [1.82, 2.24) is 28.7 Å². The minimum absolute atomic E-state index is 0.554. The molecule has 0 spiro atoms. The molecule has 7 nitrogen and oxygen atoms in total. The molecule has 0 aliphatic heterocycles. The van der Waals surface area contributed by atoms with E-state index in [9.17, 15) is 5.11 Å². The summed E-state index contributed by atoms with van der Waals surface area (Å²) in [5, 5.41) is 11.9. The zero-order chi connectivity index (χ0) is 19.1. The largest absolute Gasteiger partial charge is 0.372 e. The third-order valence-corrected chi connectivity index (χ3v) is 4.98. The molecule has 0 saturated carbocycles. The Labute approximate surface area is 154 Å². The van der Waals surface area contributed by atoms with Crippen molar-refractivity contribution in [3.8, 4) is 0 Å². The maximum Gasteiger partial charge on any atom is 0.195 e. The maximum atomic E-state index is 11.9. The average molecular weight is 356 g/mol. The molecule has 1 N–H and O–H groups in total. The second kappa shape index (κ2) is 6.72. The lowest BCUT2D eigenvalue weighted by molar-refractivity contribution is 0.112. The first-order valence-corrected chi connectivity index (χ1v) is 9.15. The molecule has 3 aromatic heterocycles. The Kier molecular flexibility index (Phi) is 4.75. The summed E-state index contributed by atoms with van der Waals surface area (Å²) in [6.07, 6.45) is 7.99. The highest BCUT2D eigenvalue weighted by molar-refractivity contribution is 5.38. The van der Waals surface area contributed by atoms with E-state index in [4.69, 9.17) is 15.0 Å². The fourth-order valence-electron chi connectivity index (χ4n) is 3.42. The van der Waals surface area contributed by atoms with Gasteiger partial charge in [0.1, 0.15) is 34.6 Å². The van der Waals surface area contributed by atoms with Crippen LogP contribution in [0.15, 0.2) is 18.6 Å². The van der Waals surface area contributed by atoms with Crippen LogP contribution in [0.4, 0.5) is 0 Å². The number of hydrogen-bond acceptors (Lipinski definition) is 4. The van der Waals surface area contributed by atoms with E-state index in [1.165, 1.54) is 0 Å². The van der Waals surface area contributed by atoms with Gasteiger partial charge in [-0.1, -0.05) is 20.8 Å². The lowest BCUT2D eigenvalue weighted by Crippen LogP contribution is -2.30. The molecule has 0 aliphatic rings. The Bertz CT molecular complexity index is 799. The van der Waals surface area contributed by atoms with Crippen LogP contribution in [0.5, 0.6) is 0 Å². The fourth-order valence-corrected chi connectivity index (χ4v) is 3.42. The minimum Gasteiger partial charge on any atom is -0.372 e. The zero-order valence-corrected chi connectivity index (χ0v) is 16.5. The number of aryl methyl sites for hydroxylation is 6. The van der Waals surface area contributed by atoms with Crippen LogP contribution in [0, 0.1) is 0 Å². The number of rotatable bonds is 6. The third kappa shape index (κ3) is 2.76. The van der Waals surface area contributed by atoms with Crippen LogP contribution in [0.2, 0.25) is 0 Å². The van der Waals surface area contributed by atoms with Gasteiger partial charge in [-0.25, -0.2) is 15.0 Å². The predicted molar refractivity (Wildman–Crippen MR) is 99.9 cm³/mol. The lowest BCUT2D eigenvalue weighted by Gasteiger charge is -2.22. The summed E-state index contributed by atoms with van der Waals surface area (Å²) in [6, 6.07) is 0. The first-order valence-electron chi connectivity index (χ1n) is 9.15. The molecule has 3 aromatic rings. The van der Waals surface area contributed by atoms with Crippen molar-refractivity contribution in [2.75, 3.05) is 0 Å². The topological polar surface area (TPSA) is 73.7 Å². The van der Waals surface area contributed by atoms with Gasteiger partial charge in [0.15, 0.2) is 5.60 Å². The highest BCUT2D eigenvalue weighted by Crippen LogP contribution is 2.35. The average Bonchev–Trinajstić information content (AvgIpc) is 3.30. The van der Waals surface area contributed by atoms with Gasteiger partial charge in [-0.3, -0.25) is 0 Å². The molecule has 0 radical (unpaired) electrons. The van der Waals surface area contributed by atoms with Gasteiger partial charge in [-0.15, -0.1) is 0 Å². The molecule has 3 rings (SSSR count). The molecule has 0 aliphatic carbocycles. The van der Waals surface area contributed by atoms with Crippen LogP contribution < -0.4 is 0 Å². The Balaban J connectivity index is 2.25. The van der Waals surface area contributed by atoms with Crippen molar-refractivity contribution in [3.05, 3.63) is 53.1 Å². The SMILES string of the molecule is CCc1nc(C(O)(c2cn(C)c(CC)n2)c2cn(C)c(CC)n2)cn1C. The van der Waals surface area contributed by atoms with E-state index in [-0.39, 0.29) is 0 Å². The first-order chi connectivity index (χ1) is 12.3. The quantitative estimate of drug-likeness (QED) is 0.732. The fraction of sp³-hybridized carbons (Fsp3) is 0.526. The van der Waals surface area contributed by atoms with E-state index >= 15 is 0 Å². The summed E-state index contributed by atoms with van der Waals surface area (Å²) in [5.74, 6) is 2.74. The molecule has 140 valence electrons. The molecule has 26 heavy (non-hydrogen) atoms. The van der Waals surface area contributed by atoms with Gasteiger partial charge in [0.25, 0.3) is 0 Å². The van der Waals surface area contributed by atoms with E-state index in [0.717, 1.165) is 36.7 Å². The van der Waals surface area contributed by atoms with E-state index in [1.807, 2.05) is 53.4 Å². The Morgan fingerprint density at radius 1 is 0.692 bits per heavy atom. The molecule has 0 amide bonds. The number of imidazole rings is 3. The molecular formula is C19H28N6O. The summed E-state index contributed by atoms with van der Waals surface area (Å²) in [7, 11) is 5.84. The van der Waals surface area contributed by atoms with E-state index in [0.29, 0.717) is 17.1 Å². The highest BCUT2D eigenvalue weighted by Gasteiger charge is 2.42. The van der Waals surface area contributed by atoms with E-state index < -0.39 is 5.60 Å². The van der Waals surface area contributed by atoms with Gasteiger partial charge >= 0.3 is 0 Å². The third-order valence-electron chi connectivity index (χ3n) is 4.98. The van der Waals surface area contributed by atoms with Crippen LogP contribution in [0.1, 0.15) is 55.3 Å². The summed E-state index contributed by atoms with van der Waals surface area (Å²) >= 11 is 0. The second-order valence-electron chi connectivity index (χ2n) is 6.73. The van der Waals surface area contributed by atoms with Crippen molar-refractivity contribution in [2.24, 2.45) is 21.1 Å². The van der Waals surface area contributed by atoms with Crippen molar-refractivity contribution in [1.29, 1.82) is 0 Å². The van der Waals surface area contributed by atoms with Gasteiger partial charge in [0.05, 0.1) is 0 Å². The van der Waals surface area contributed by atoms with Crippen LogP contribution in [-0.2, 0) is 46.0 Å². The molecule has 0 fully saturated rings. The molecule has 0 atom stereocenters. The van der Waals surface area contributed by atoms with Crippen LogP contribution in [0.25, 0.3) is 0 Å². The lowest BCUT2D eigenvalue weighted by atomic mass is 9.93. The Hall–Kier alpha value is -2.41. The molecule has 0 bridgehead atoms. The Morgan fingerprint density at radius 3 is 1.15 bits per heavy atom. The van der Waals surface area contributed by atoms with Gasteiger partial charge in [0.2, 0.25) is 0 Å². The molecule has 0 unspecified atom stereocenters. The standard InChI is InChI=1S/C19H28N6O/c1-7-16-20-13(10-23(16)4)19(26,14-11-24(5)17(8-2)21-14)15-12-25(6)18(9-3)22-15/h10-12,26H,7-9H2,1-6H3. The second-order valence-corrected chi connectivity index (χ2v) is 6.73. The molecule has 0 saturated heterocycles. The monoisotopic (exact) mass is 356 g/mol. The predicted octanol–water partition coefficient (Wildman–Crippen LogP) is 1.86. The minimum atomic E-state index is -1.48. The molecule has 3 heterocycles. The van der Waals surface area contributed by atoms with Crippen molar-refractivity contribution in [2.45, 2.75) is 45.6 Å². The van der Waals surface area contributed by atoms with Crippen LogP contribution in [-0.4, -0.2) is 33.8 Å². The number of nitrogens with zero attached hydrogens (tertiary/aromatic N) is 6. The van der Waals surface area contributed by atoms with Crippen molar-refractivity contribution >= 4 is 0 Å². The highest BCUT2D eigenvalue weighted by atomic mass is 16.3. The summed E-state index contributed by atoms with van der Waals surface area (Å²) in [5.41, 5.74) is 0.178. The van der Waals surface area contributed by atoms with Gasteiger partial charge < -0.3 is 18.8 Å². The summed E-state index contributed by atoms with van der Waals surface area (Å²) in [6.45, 7) is 6.16. The maximum absolute atomic E-state index is 11.9. The van der Waals surface area contributed by atoms with Gasteiger partial charge in [0, 0.05) is 59.0 Å². The van der Waals surface area contributed by atoms with Gasteiger partial charge in [-0.2, -0.15) is 0 Å². The normalized spacial score (nSPS) is 12.1. The van der Waals surface area contributed by atoms with Crippen molar-refractivity contribution in [3.63, 3.8) is 0 Å².